The van der Waals surface area contributed by atoms with Crippen LogP contribution in [0.15, 0.2) is 36.4 Å². The molecule has 2 aromatic rings. The van der Waals surface area contributed by atoms with Crippen molar-refractivity contribution >= 4 is 17.9 Å². The quantitative estimate of drug-likeness (QED) is 0.225. The van der Waals surface area contributed by atoms with Crippen LogP contribution in [0.25, 0.3) is 0 Å². The number of rotatable bonds is 8. The van der Waals surface area contributed by atoms with E-state index in [1.807, 2.05) is 24.3 Å². The molecule has 0 saturated carbocycles. The van der Waals surface area contributed by atoms with Crippen LogP contribution in [0, 0.1) is 5.41 Å². The molecule has 0 unspecified atom stereocenters. The Hall–Kier alpha value is -3.15. The van der Waals surface area contributed by atoms with Crippen molar-refractivity contribution in [3.63, 3.8) is 0 Å². The predicted octanol–water partition coefficient (Wildman–Crippen LogP) is 8.46. The number of carbonyl (C=O) groups is 3. The fraction of sp³-hybridized carbons (Fsp3) is 0.595. The zero-order chi connectivity index (χ0) is 33.2. The third kappa shape index (κ3) is 10.5. The first kappa shape index (κ1) is 36.0. The average molecular weight is 595 g/mol. The zero-order valence-corrected chi connectivity index (χ0v) is 29.0. The van der Waals surface area contributed by atoms with Crippen molar-refractivity contribution in [2.24, 2.45) is 5.41 Å². The minimum Gasteiger partial charge on any atom is -0.465 e. The van der Waals surface area contributed by atoms with Gasteiger partial charge in [-0.3, -0.25) is 4.79 Å². The molecule has 43 heavy (non-hydrogen) atoms. The second kappa shape index (κ2) is 12.8. The van der Waals surface area contributed by atoms with Gasteiger partial charge in [0.05, 0.1) is 16.5 Å². The van der Waals surface area contributed by atoms with Crippen LogP contribution in [0.4, 0.5) is 0 Å². The fourth-order valence-corrected chi connectivity index (χ4v) is 4.27. The monoisotopic (exact) mass is 594 g/mol. The van der Waals surface area contributed by atoms with Gasteiger partial charge in [-0.05, 0) is 75.1 Å². The summed E-state index contributed by atoms with van der Waals surface area (Å²) in [7, 11) is 0. The summed E-state index contributed by atoms with van der Waals surface area (Å²) in [5.74, 6) is -1.43. The Balaban J connectivity index is 2.33. The maximum atomic E-state index is 13.4. The third-order valence-electron chi connectivity index (χ3n) is 7.53. The standard InChI is InChI=1S/C37H54O6/c1-24(38)41-21-37(14,22-42-31(39)25-15-27(33(2,3)4)19-28(16-25)34(5,6)7)23-43-32(40)26-17-29(35(8,9)10)20-30(18-26)36(11,12)13/h15-20H,21-23H2,1-14H3. The van der Waals surface area contributed by atoms with E-state index in [-0.39, 0.29) is 41.5 Å². The second-order valence-electron chi connectivity index (χ2n) is 16.3. The molecule has 0 heterocycles. The van der Waals surface area contributed by atoms with Gasteiger partial charge in [-0.1, -0.05) is 95.2 Å². The SMILES string of the molecule is CC(=O)OCC(C)(COC(=O)c1cc(C(C)(C)C)cc(C(C)(C)C)c1)COC(=O)c1cc(C(C)(C)C)cc(C(C)(C)C)c1. The van der Waals surface area contributed by atoms with Crippen molar-refractivity contribution in [1.82, 2.24) is 0 Å². The summed E-state index contributed by atoms with van der Waals surface area (Å²) in [6, 6.07) is 11.8. The average Bonchev–Trinajstić information content (AvgIpc) is 2.86. The lowest BCUT2D eigenvalue weighted by molar-refractivity contribution is -0.146. The predicted molar refractivity (Wildman–Crippen MR) is 173 cm³/mol. The van der Waals surface area contributed by atoms with E-state index in [1.165, 1.54) is 6.92 Å². The molecule has 0 amide bonds. The van der Waals surface area contributed by atoms with Crippen molar-refractivity contribution in [1.29, 1.82) is 0 Å². The maximum Gasteiger partial charge on any atom is 0.338 e. The highest BCUT2D eigenvalue weighted by molar-refractivity contribution is 5.90. The summed E-state index contributed by atoms with van der Waals surface area (Å²) < 4.78 is 16.9. The van der Waals surface area contributed by atoms with Crippen molar-refractivity contribution < 1.29 is 28.6 Å². The maximum absolute atomic E-state index is 13.4. The molecule has 238 valence electrons. The van der Waals surface area contributed by atoms with Crippen LogP contribution in [0.2, 0.25) is 0 Å². The number of hydrogen-bond acceptors (Lipinski definition) is 6. The molecule has 0 spiro atoms. The number of hydrogen-bond donors (Lipinski definition) is 0. The molecule has 0 aliphatic heterocycles. The highest BCUT2D eigenvalue weighted by Crippen LogP contribution is 2.32. The van der Waals surface area contributed by atoms with Gasteiger partial charge in [-0.25, -0.2) is 9.59 Å². The Bertz CT molecular complexity index is 1170. The molecule has 0 fully saturated rings. The molecule has 2 rings (SSSR count). The Morgan fingerprint density at radius 2 is 0.721 bits per heavy atom. The molecule has 0 saturated heterocycles. The van der Waals surface area contributed by atoms with Crippen LogP contribution >= 0.6 is 0 Å². The van der Waals surface area contributed by atoms with E-state index in [1.54, 1.807) is 6.92 Å². The Morgan fingerprint density at radius 3 is 0.953 bits per heavy atom. The van der Waals surface area contributed by atoms with Crippen LogP contribution in [-0.2, 0) is 40.7 Å². The Morgan fingerprint density at radius 1 is 0.465 bits per heavy atom. The van der Waals surface area contributed by atoms with E-state index in [4.69, 9.17) is 14.2 Å². The molecule has 0 aromatic heterocycles. The van der Waals surface area contributed by atoms with Gasteiger partial charge in [-0.15, -0.1) is 0 Å². The van der Waals surface area contributed by atoms with Crippen molar-refractivity contribution in [3.05, 3.63) is 69.8 Å². The van der Waals surface area contributed by atoms with E-state index < -0.39 is 23.3 Å². The minimum atomic E-state index is -0.958. The van der Waals surface area contributed by atoms with Crippen LogP contribution < -0.4 is 0 Å². The van der Waals surface area contributed by atoms with Crippen molar-refractivity contribution in [2.45, 2.75) is 119 Å². The zero-order valence-electron chi connectivity index (χ0n) is 29.0. The molecule has 0 aliphatic carbocycles. The number of ether oxygens (including phenoxy) is 3. The van der Waals surface area contributed by atoms with Gasteiger partial charge in [0.2, 0.25) is 0 Å². The smallest absolute Gasteiger partial charge is 0.338 e. The number of esters is 3. The summed E-state index contributed by atoms with van der Waals surface area (Å²) in [6.45, 7) is 28.1. The van der Waals surface area contributed by atoms with Crippen LogP contribution in [0.1, 0.15) is 140 Å². The van der Waals surface area contributed by atoms with E-state index in [9.17, 15) is 14.4 Å². The highest BCUT2D eigenvalue weighted by Gasteiger charge is 2.32. The molecular formula is C37H54O6. The molecule has 0 bridgehead atoms. The molecule has 6 nitrogen and oxygen atoms in total. The number of carbonyl (C=O) groups excluding carboxylic acids is 3. The van der Waals surface area contributed by atoms with Crippen LogP contribution in [0.5, 0.6) is 0 Å². The Kier molecular flexibility index (Phi) is 10.8. The van der Waals surface area contributed by atoms with Crippen LogP contribution in [0.3, 0.4) is 0 Å². The lowest BCUT2D eigenvalue weighted by Crippen LogP contribution is -2.36. The van der Waals surface area contributed by atoms with E-state index >= 15 is 0 Å². The van der Waals surface area contributed by atoms with Crippen LogP contribution in [-0.4, -0.2) is 37.7 Å². The first-order valence-electron chi connectivity index (χ1n) is 15.1. The summed E-state index contributed by atoms with van der Waals surface area (Å²) in [4.78, 5) is 38.4. The molecule has 0 atom stereocenters. The minimum absolute atomic E-state index is 0.0760. The molecular weight excluding hydrogens is 540 g/mol. The summed E-state index contributed by atoms with van der Waals surface area (Å²) in [5, 5.41) is 0. The number of benzene rings is 2. The van der Waals surface area contributed by atoms with Gasteiger partial charge in [0.25, 0.3) is 0 Å². The van der Waals surface area contributed by atoms with Crippen molar-refractivity contribution in [3.8, 4) is 0 Å². The van der Waals surface area contributed by atoms with Gasteiger partial charge in [0.1, 0.15) is 19.8 Å². The first-order chi connectivity index (χ1) is 19.3. The van der Waals surface area contributed by atoms with Gasteiger partial charge in [0, 0.05) is 6.92 Å². The second-order valence-corrected chi connectivity index (χ2v) is 16.3. The van der Waals surface area contributed by atoms with Gasteiger partial charge >= 0.3 is 17.9 Å². The molecule has 2 aromatic carbocycles. The molecule has 0 aliphatic rings. The third-order valence-corrected chi connectivity index (χ3v) is 7.53. The van der Waals surface area contributed by atoms with E-state index in [0.717, 1.165) is 22.3 Å². The largest absolute Gasteiger partial charge is 0.465 e. The van der Waals surface area contributed by atoms with E-state index in [0.29, 0.717) is 11.1 Å². The lowest BCUT2D eigenvalue weighted by Gasteiger charge is -2.29. The molecule has 0 radical (unpaired) electrons. The Labute approximate surface area is 259 Å². The van der Waals surface area contributed by atoms with Gasteiger partial charge < -0.3 is 14.2 Å². The summed E-state index contributed by atoms with van der Waals surface area (Å²) in [5.41, 5.74) is 3.46. The fourth-order valence-electron chi connectivity index (χ4n) is 4.27. The van der Waals surface area contributed by atoms with Gasteiger partial charge in [0.15, 0.2) is 0 Å². The molecule has 6 heteroatoms. The van der Waals surface area contributed by atoms with Crippen molar-refractivity contribution in [2.75, 3.05) is 19.8 Å². The summed E-state index contributed by atoms with van der Waals surface area (Å²) >= 11 is 0. The topological polar surface area (TPSA) is 78.9 Å². The van der Waals surface area contributed by atoms with E-state index in [2.05, 4.69) is 95.2 Å². The normalized spacial score (nSPS) is 13.0. The molecule has 0 N–H and O–H groups in total. The van der Waals surface area contributed by atoms with Gasteiger partial charge in [-0.2, -0.15) is 0 Å². The first-order valence-corrected chi connectivity index (χ1v) is 15.1. The highest BCUT2D eigenvalue weighted by atomic mass is 16.6. The summed E-state index contributed by atoms with van der Waals surface area (Å²) in [6.07, 6.45) is 0. The lowest BCUT2D eigenvalue weighted by atomic mass is 9.79.